The molecule has 2 N–H and O–H groups in total. The molecule has 0 spiro atoms. The summed E-state index contributed by atoms with van der Waals surface area (Å²) in [7, 11) is 0. The highest BCUT2D eigenvalue weighted by Crippen LogP contribution is 2.31. The number of nitriles is 1. The smallest absolute Gasteiger partial charge is 0.234 e. The number of carbonyl (C=O) groups excluding carboxylic acids is 1. The van der Waals surface area contributed by atoms with Crippen molar-refractivity contribution in [3.63, 3.8) is 0 Å². The summed E-state index contributed by atoms with van der Waals surface area (Å²) < 4.78 is 0. The Balaban J connectivity index is 1.76. The van der Waals surface area contributed by atoms with E-state index >= 15 is 0 Å². The van der Waals surface area contributed by atoms with E-state index in [0.29, 0.717) is 37.4 Å². The molecule has 2 fully saturated rings. The van der Waals surface area contributed by atoms with Crippen LogP contribution >= 0.6 is 0 Å². The third-order valence-corrected chi connectivity index (χ3v) is 3.96. The average molecular weight is 236 g/mol. The van der Waals surface area contributed by atoms with E-state index in [9.17, 15) is 4.79 Å². The van der Waals surface area contributed by atoms with Gasteiger partial charge in [0.05, 0.1) is 19.0 Å². The number of fused-ring (bicyclic) bond motifs is 1. The number of nitrogens with one attached hydrogen (secondary N) is 2. The van der Waals surface area contributed by atoms with Gasteiger partial charge in [-0.3, -0.25) is 9.69 Å². The van der Waals surface area contributed by atoms with Crippen molar-refractivity contribution in [1.29, 1.82) is 5.26 Å². The van der Waals surface area contributed by atoms with Crippen molar-refractivity contribution >= 4 is 5.91 Å². The maximum absolute atomic E-state index is 11.7. The van der Waals surface area contributed by atoms with Gasteiger partial charge in [0.25, 0.3) is 0 Å². The number of nitrogens with zero attached hydrogens (tertiary/aromatic N) is 2. The normalized spacial score (nSPS) is 32.1. The molecular weight excluding hydrogens is 216 g/mol. The van der Waals surface area contributed by atoms with Gasteiger partial charge in [0.2, 0.25) is 5.91 Å². The first kappa shape index (κ1) is 12.3. The van der Waals surface area contributed by atoms with Gasteiger partial charge in [0, 0.05) is 19.1 Å². The van der Waals surface area contributed by atoms with Crippen LogP contribution in [0.5, 0.6) is 0 Å². The highest BCUT2D eigenvalue weighted by atomic mass is 16.2. The number of carbonyl (C=O) groups is 1. The summed E-state index contributed by atoms with van der Waals surface area (Å²) in [6.45, 7) is 6.33. The topological polar surface area (TPSA) is 68.2 Å². The molecule has 2 aliphatic rings. The molecule has 1 amide bonds. The summed E-state index contributed by atoms with van der Waals surface area (Å²) in [5.41, 5.74) is 0. The molecule has 0 aromatic carbocycles. The van der Waals surface area contributed by atoms with Gasteiger partial charge in [-0.05, 0) is 31.8 Å². The monoisotopic (exact) mass is 236 g/mol. The van der Waals surface area contributed by atoms with Crippen LogP contribution < -0.4 is 10.6 Å². The average Bonchev–Trinajstić information content (AvgIpc) is 2.84. The molecular formula is C12H20N4O. The van der Waals surface area contributed by atoms with Gasteiger partial charge in [0.15, 0.2) is 0 Å². The molecule has 0 aliphatic carbocycles. The molecule has 0 aromatic heterocycles. The van der Waals surface area contributed by atoms with Gasteiger partial charge < -0.3 is 10.6 Å². The van der Waals surface area contributed by atoms with Gasteiger partial charge in [-0.25, -0.2) is 0 Å². The van der Waals surface area contributed by atoms with E-state index in [0.717, 1.165) is 19.6 Å². The van der Waals surface area contributed by atoms with Crippen molar-refractivity contribution in [2.45, 2.75) is 19.4 Å². The van der Waals surface area contributed by atoms with E-state index in [2.05, 4.69) is 22.5 Å². The summed E-state index contributed by atoms with van der Waals surface area (Å²) in [4.78, 5) is 13.9. The van der Waals surface area contributed by atoms with Crippen LogP contribution in [0, 0.1) is 23.2 Å². The molecule has 2 aliphatic heterocycles. The molecule has 0 radical (unpaired) electrons. The fourth-order valence-electron chi connectivity index (χ4n) is 2.96. The number of hydrogen-bond acceptors (Lipinski definition) is 4. The van der Waals surface area contributed by atoms with Crippen LogP contribution in [0.4, 0.5) is 0 Å². The highest BCUT2D eigenvalue weighted by molar-refractivity contribution is 5.78. The molecule has 2 saturated heterocycles. The molecule has 0 bridgehead atoms. The van der Waals surface area contributed by atoms with Crippen LogP contribution in [0.3, 0.4) is 0 Å². The molecule has 2 rings (SSSR count). The van der Waals surface area contributed by atoms with Crippen molar-refractivity contribution in [3.8, 4) is 6.07 Å². The van der Waals surface area contributed by atoms with Crippen LogP contribution in [-0.2, 0) is 4.79 Å². The second-order valence-electron chi connectivity index (χ2n) is 5.01. The second-order valence-corrected chi connectivity index (χ2v) is 5.01. The number of amides is 1. The van der Waals surface area contributed by atoms with Gasteiger partial charge >= 0.3 is 0 Å². The van der Waals surface area contributed by atoms with E-state index in [1.165, 1.54) is 0 Å². The minimum Gasteiger partial charge on any atom is -0.354 e. The predicted octanol–water partition coefficient (Wildman–Crippen LogP) is -0.444. The maximum Gasteiger partial charge on any atom is 0.234 e. The van der Waals surface area contributed by atoms with Crippen LogP contribution in [0.15, 0.2) is 0 Å². The summed E-state index contributed by atoms with van der Waals surface area (Å²) in [5, 5.41) is 14.6. The Morgan fingerprint density at radius 2 is 2.41 bits per heavy atom. The molecule has 2 heterocycles. The zero-order valence-electron chi connectivity index (χ0n) is 10.3. The minimum absolute atomic E-state index is 0.0417. The van der Waals surface area contributed by atoms with Crippen molar-refractivity contribution in [2.24, 2.45) is 11.8 Å². The Kier molecular flexibility index (Phi) is 3.97. The summed E-state index contributed by atoms with van der Waals surface area (Å²) >= 11 is 0. The Labute approximate surface area is 102 Å². The van der Waals surface area contributed by atoms with Gasteiger partial charge in [-0.1, -0.05) is 0 Å². The van der Waals surface area contributed by atoms with Crippen LogP contribution in [-0.4, -0.2) is 49.6 Å². The third-order valence-electron chi connectivity index (χ3n) is 3.96. The molecule has 0 aromatic rings. The molecule has 5 heteroatoms. The zero-order chi connectivity index (χ0) is 12.3. The molecule has 3 atom stereocenters. The Morgan fingerprint density at radius 3 is 3.12 bits per heavy atom. The van der Waals surface area contributed by atoms with Crippen LogP contribution in [0.1, 0.15) is 13.3 Å². The van der Waals surface area contributed by atoms with E-state index in [1.807, 2.05) is 6.07 Å². The Bertz CT molecular complexity index is 325. The van der Waals surface area contributed by atoms with Crippen LogP contribution in [0.25, 0.3) is 0 Å². The lowest BCUT2D eigenvalue weighted by Crippen LogP contribution is -2.41. The second kappa shape index (κ2) is 5.48. The fraction of sp³-hybridized carbons (Fsp3) is 0.833. The largest absolute Gasteiger partial charge is 0.354 e. The molecule has 94 valence electrons. The Morgan fingerprint density at radius 1 is 1.59 bits per heavy atom. The number of hydrogen-bond donors (Lipinski definition) is 2. The lowest BCUT2D eigenvalue weighted by atomic mass is 9.95. The van der Waals surface area contributed by atoms with Crippen molar-refractivity contribution < 1.29 is 4.79 Å². The van der Waals surface area contributed by atoms with Crippen molar-refractivity contribution in [2.75, 3.05) is 32.7 Å². The van der Waals surface area contributed by atoms with Gasteiger partial charge in [0.1, 0.15) is 0 Å². The van der Waals surface area contributed by atoms with Gasteiger partial charge in [-0.15, -0.1) is 0 Å². The Hall–Kier alpha value is -1.12. The van der Waals surface area contributed by atoms with Gasteiger partial charge in [-0.2, -0.15) is 5.26 Å². The fourth-order valence-corrected chi connectivity index (χ4v) is 2.96. The lowest BCUT2D eigenvalue weighted by molar-refractivity contribution is -0.122. The SMILES string of the molecule is CC1C2CNCC2CN1CC(=O)NCCC#N. The maximum atomic E-state index is 11.7. The molecule has 17 heavy (non-hydrogen) atoms. The quantitative estimate of drug-likeness (QED) is 0.649. The summed E-state index contributed by atoms with van der Waals surface area (Å²) in [5.74, 6) is 1.44. The molecule has 0 saturated carbocycles. The van der Waals surface area contributed by atoms with Crippen molar-refractivity contribution in [1.82, 2.24) is 15.5 Å². The number of likely N-dealkylation sites (tertiary alicyclic amines) is 1. The van der Waals surface area contributed by atoms with Crippen LogP contribution in [0.2, 0.25) is 0 Å². The summed E-state index contributed by atoms with van der Waals surface area (Å²) in [6.07, 6.45) is 0.385. The van der Waals surface area contributed by atoms with E-state index in [-0.39, 0.29) is 5.91 Å². The molecule has 5 nitrogen and oxygen atoms in total. The van der Waals surface area contributed by atoms with E-state index in [1.54, 1.807) is 0 Å². The zero-order valence-corrected chi connectivity index (χ0v) is 10.3. The minimum atomic E-state index is 0.0417. The molecule has 3 unspecified atom stereocenters. The first-order valence-electron chi connectivity index (χ1n) is 6.30. The van der Waals surface area contributed by atoms with E-state index < -0.39 is 0 Å². The highest BCUT2D eigenvalue weighted by Gasteiger charge is 2.41. The third kappa shape index (κ3) is 2.76. The standard InChI is InChI=1S/C12H20N4O/c1-9-11-6-14-5-10(11)7-16(9)8-12(17)15-4-2-3-13/h9-11,14H,2,4-8H2,1H3,(H,15,17). The number of rotatable bonds is 4. The predicted molar refractivity (Wildman–Crippen MR) is 64.1 cm³/mol. The first-order chi connectivity index (χ1) is 8.22. The van der Waals surface area contributed by atoms with Crippen molar-refractivity contribution in [3.05, 3.63) is 0 Å². The van der Waals surface area contributed by atoms with E-state index in [4.69, 9.17) is 5.26 Å². The first-order valence-corrected chi connectivity index (χ1v) is 6.30. The summed E-state index contributed by atoms with van der Waals surface area (Å²) in [6, 6.07) is 2.50. The lowest BCUT2D eigenvalue weighted by Gasteiger charge is -2.23.